The molecule has 0 bridgehead atoms. The molecule has 1 aliphatic heterocycles. The van der Waals surface area contributed by atoms with Crippen LogP contribution in [0.4, 0.5) is 11.4 Å². The number of carbonyl (C=O) groups is 2. The number of piperidine rings is 1. The van der Waals surface area contributed by atoms with E-state index in [1.54, 1.807) is 0 Å². The Morgan fingerprint density at radius 3 is 2.54 bits per heavy atom. The zero-order valence-corrected chi connectivity index (χ0v) is 16.9. The molecule has 2 aromatic carbocycles. The minimum atomic E-state index is -0.284. The van der Waals surface area contributed by atoms with Crippen LogP contribution in [0.3, 0.4) is 0 Å². The van der Waals surface area contributed by atoms with Gasteiger partial charge in [0.25, 0.3) is 0 Å². The van der Waals surface area contributed by atoms with Gasteiger partial charge in [-0.3, -0.25) is 14.5 Å². The van der Waals surface area contributed by atoms with E-state index in [1.807, 2.05) is 63.2 Å². The highest BCUT2D eigenvalue weighted by atomic mass is 16.2. The van der Waals surface area contributed by atoms with Gasteiger partial charge in [-0.15, -0.1) is 0 Å². The van der Waals surface area contributed by atoms with Crippen molar-refractivity contribution in [3.8, 4) is 0 Å². The topological polar surface area (TPSA) is 61.4 Å². The molecule has 0 unspecified atom stereocenters. The van der Waals surface area contributed by atoms with Crippen LogP contribution in [0, 0.1) is 19.8 Å². The monoisotopic (exact) mass is 379 g/mol. The third-order valence-corrected chi connectivity index (χ3v) is 5.43. The third kappa shape index (κ3) is 4.98. The van der Waals surface area contributed by atoms with Gasteiger partial charge in [0.1, 0.15) is 0 Å². The molecule has 0 aliphatic carbocycles. The largest absolute Gasteiger partial charge is 0.326 e. The number of carbonyl (C=O) groups excluding carboxylic acids is 2. The summed E-state index contributed by atoms with van der Waals surface area (Å²) in [6.45, 7) is 7.38. The van der Waals surface area contributed by atoms with Crippen molar-refractivity contribution in [3.05, 3.63) is 59.7 Å². The van der Waals surface area contributed by atoms with E-state index < -0.39 is 0 Å². The van der Waals surface area contributed by atoms with Crippen molar-refractivity contribution in [1.82, 2.24) is 4.90 Å². The molecule has 2 amide bonds. The van der Waals surface area contributed by atoms with Crippen molar-refractivity contribution in [2.75, 3.05) is 23.7 Å². The van der Waals surface area contributed by atoms with Gasteiger partial charge in [0.05, 0.1) is 12.0 Å². The van der Waals surface area contributed by atoms with Crippen LogP contribution < -0.4 is 10.6 Å². The van der Waals surface area contributed by atoms with Gasteiger partial charge in [-0.2, -0.15) is 0 Å². The number of nitrogens with zero attached hydrogens (tertiary/aromatic N) is 1. The lowest BCUT2D eigenvalue weighted by Crippen LogP contribution is -2.49. The van der Waals surface area contributed by atoms with Gasteiger partial charge in [0.15, 0.2) is 0 Å². The van der Waals surface area contributed by atoms with Gasteiger partial charge in [0.2, 0.25) is 11.8 Å². The predicted octanol–water partition coefficient (Wildman–Crippen LogP) is 3.98. The summed E-state index contributed by atoms with van der Waals surface area (Å²) in [7, 11) is 0. The molecule has 0 spiro atoms. The molecule has 0 radical (unpaired) electrons. The van der Waals surface area contributed by atoms with E-state index in [4.69, 9.17) is 0 Å². The molecule has 1 heterocycles. The average Bonchev–Trinajstić information content (AvgIpc) is 2.70. The van der Waals surface area contributed by atoms with E-state index in [1.165, 1.54) is 5.56 Å². The first kappa shape index (κ1) is 20.1. The smallest absolute Gasteiger partial charge is 0.241 e. The first-order chi connectivity index (χ1) is 13.4. The predicted molar refractivity (Wildman–Crippen MR) is 113 cm³/mol. The van der Waals surface area contributed by atoms with Gasteiger partial charge in [-0.1, -0.05) is 35.9 Å². The number of para-hydroxylation sites is 1. The molecule has 1 aliphatic rings. The fourth-order valence-electron chi connectivity index (χ4n) is 3.69. The molecule has 1 saturated heterocycles. The molecule has 0 saturated carbocycles. The lowest BCUT2D eigenvalue weighted by Gasteiger charge is -2.35. The standard InChI is InChI=1S/C23H29N3O2/c1-16-11-12-21(17(2)14-16)25-22(27)18(3)26-13-7-8-19(15-26)23(28)24-20-9-5-4-6-10-20/h4-6,9-12,14,18-19H,7-8,13,15H2,1-3H3,(H,24,28)(H,25,27)/t18-,19+/m1/s1. The molecule has 2 N–H and O–H groups in total. The fraction of sp³-hybridized carbons (Fsp3) is 0.391. The highest BCUT2D eigenvalue weighted by Gasteiger charge is 2.31. The van der Waals surface area contributed by atoms with Crippen molar-refractivity contribution in [2.45, 2.75) is 39.7 Å². The summed E-state index contributed by atoms with van der Waals surface area (Å²) >= 11 is 0. The summed E-state index contributed by atoms with van der Waals surface area (Å²) in [4.78, 5) is 27.5. The summed E-state index contributed by atoms with van der Waals surface area (Å²) in [5.41, 5.74) is 3.88. The quantitative estimate of drug-likeness (QED) is 0.826. The fourth-order valence-corrected chi connectivity index (χ4v) is 3.69. The molecule has 28 heavy (non-hydrogen) atoms. The van der Waals surface area contributed by atoms with Crippen LogP contribution in [0.5, 0.6) is 0 Å². The minimum Gasteiger partial charge on any atom is -0.326 e. The lowest BCUT2D eigenvalue weighted by molar-refractivity contribution is -0.125. The van der Waals surface area contributed by atoms with Crippen LogP contribution in [0.2, 0.25) is 0 Å². The summed E-state index contributed by atoms with van der Waals surface area (Å²) in [5, 5.41) is 6.02. The Balaban J connectivity index is 1.59. The van der Waals surface area contributed by atoms with Gasteiger partial charge in [0, 0.05) is 17.9 Å². The maximum atomic E-state index is 12.8. The first-order valence-electron chi connectivity index (χ1n) is 9.92. The average molecular weight is 380 g/mol. The van der Waals surface area contributed by atoms with E-state index in [-0.39, 0.29) is 23.8 Å². The van der Waals surface area contributed by atoms with Gasteiger partial charge < -0.3 is 10.6 Å². The Hall–Kier alpha value is -2.66. The molecule has 5 heteroatoms. The number of amides is 2. The van der Waals surface area contributed by atoms with E-state index >= 15 is 0 Å². The number of likely N-dealkylation sites (tertiary alicyclic amines) is 1. The molecular weight excluding hydrogens is 350 g/mol. The second-order valence-electron chi connectivity index (χ2n) is 7.67. The second-order valence-corrected chi connectivity index (χ2v) is 7.67. The van der Waals surface area contributed by atoms with Crippen molar-refractivity contribution in [3.63, 3.8) is 0 Å². The van der Waals surface area contributed by atoms with Crippen LogP contribution in [-0.2, 0) is 9.59 Å². The second kappa shape index (κ2) is 9.02. The number of hydrogen-bond acceptors (Lipinski definition) is 3. The van der Waals surface area contributed by atoms with Crippen molar-refractivity contribution in [1.29, 1.82) is 0 Å². The van der Waals surface area contributed by atoms with Crippen LogP contribution in [0.15, 0.2) is 48.5 Å². The van der Waals surface area contributed by atoms with E-state index in [2.05, 4.69) is 21.6 Å². The maximum absolute atomic E-state index is 12.8. The Morgan fingerprint density at radius 1 is 1.07 bits per heavy atom. The number of hydrogen-bond donors (Lipinski definition) is 2. The minimum absolute atomic E-state index is 0.0258. The Morgan fingerprint density at radius 2 is 1.82 bits per heavy atom. The first-order valence-corrected chi connectivity index (χ1v) is 9.92. The normalized spacial score (nSPS) is 18.3. The Kier molecular flexibility index (Phi) is 6.47. The van der Waals surface area contributed by atoms with Crippen LogP contribution >= 0.6 is 0 Å². The van der Waals surface area contributed by atoms with Crippen molar-refractivity contribution < 1.29 is 9.59 Å². The molecule has 5 nitrogen and oxygen atoms in total. The number of anilines is 2. The highest BCUT2D eigenvalue weighted by Crippen LogP contribution is 2.22. The molecule has 1 fully saturated rings. The van der Waals surface area contributed by atoms with Gasteiger partial charge >= 0.3 is 0 Å². The molecule has 3 rings (SSSR count). The summed E-state index contributed by atoms with van der Waals surface area (Å²) < 4.78 is 0. The SMILES string of the molecule is Cc1ccc(NC(=O)[C@@H](C)N2CCC[C@H](C(=O)Nc3ccccc3)C2)c(C)c1. The van der Waals surface area contributed by atoms with Crippen molar-refractivity contribution in [2.24, 2.45) is 5.92 Å². The van der Waals surface area contributed by atoms with Crippen LogP contribution in [0.25, 0.3) is 0 Å². The summed E-state index contributed by atoms with van der Waals surface area (Å²) in [5.74, 6) is -0.112. The van der Waals surface area contributed by atoms with Gasteiger partial charge in [-0.05, 0) is 63.9 Å². The lowest BCUT2D eigenvalue weighted by atomic mass is 9.95. The third-order valence-electron chi connectivity index (χ3n) is 5.43. The molecule has 148 valence electrons. The number of rotatable bonds is 5. The zero-order valence-electron chi connectivity index (χ0n) is 16.9. The van der Waals surface area contributed by atoms with Crippen LogP contribution in [-0.4, -0.2) is 35.8 Å². The number of benzene rings is 2. The Labute approximate surface area is 167 Å². The summed E-state index contributed by atoms with van der Waals surface area (Å²) in [6.07, 6.45) is 1.76. The molecular formula is C23H29N3O2. The zero-order chi connectivity index (χ0) is 20.1. The number of nitrogens with one attached hydrogen (secondary N) is 2. The number of aryl methyl sites for hydroxylation is 2. The van der Waals surface area contributed by atoms with Crippen molar-refractivity contribution >= 4 is 23.2 Å². The van der Waals surface area contributed by atoms with E-state index in [0.717, 1.165) is 36.3 Å². The van der Waals surface area contributed by atoms with Crippen LogP contribution in [0.1, 0.15) is 30.9 Å². The summed E-state index contributed by atoms with van der Waals surface area (Å²) in [6, 6.07) is 15.2. The van der Waals surface area contributed by atoms with Gasteiger partial charge in [-0.25, -0.2) is 0 Å². The molecule has 2 atom stereocenters. The van der Waals surface area contributed by atoms with E-state index in [0.29, 0.717) is 6.54 Å². The van der Waals surface area contributed by atoms with E-state index in [9.17, 15) is 9.59 Å². The molecule has 0 aromatic heterocycles. The maximum Gasteiger partial charge on any atom is 0.241 e. The highest BCUT2D eigenvalue weighted by molar-refractivity contribution is 5.95. The molecule has 2 aromatic rings. The Bertz CT molecular complexity index is 835.